The number of amides is 1. The lowest BCUT2D eigenvalue weighted by Crippen LogP contribution is -2.33. The molecule has 1 amide bonds. The first-order valence-electron chi connectivity index (χ1n) is 5.68. The van der Waals surface area contributed by atoms with E-state index >= 15 is 0 Å². The highest BCUT2D eigenvalue weighted by Crippen LogP contribution is 2.27. The van der Waals surface area contributed by atoms with Crippen LogP contribution in [0.2, 0.25) is 0 Å². The number of aromatic nitrogens is 1. The second-order valence-corrected chi connectivity index (χ2v) is 4.10. The Labute approximate surface area is 106 Å². The van der Waals surface area contributed by atoms with Crippen LogP contribution in [0.4, 0.5) is 11.4 Å². The summed E-state index contributed by atoms with van der Waals surface area (Å²) in [5.74, 6) is -0.0358. The Balaban J connectivity index is 2.45. The number of nitrogens with two attached hydrogens (primary N) is 1. The molecule has 0 saturated carbocycles. The number of pyridine rings is 1. The van der Waals surface area contributed by atoms with E-state index in [-0.39, 0.29) is 5.91 Å². The predicted octanol–water partition coefficient (Wildman–Crippen LogP) is 0.999. The van der Waals surface area contributed by atoms with Crippen molar-refractivity contribution in [1.29, 1.82) is 0 Å². The maximum atomic E-state index is 11.4. The van der Waals surface area contributed by atoms with Crippen molar-refractivity contribution in [1.82, 2.24) is 10.3 Å². The number of rotatable bonds is 3. The minimum Gasteiger partial charge on any atom is -0.397 e. The molecule has 0 aliphatic rings. The van der Waals surface area contributed by atoms with Gasteiger partial charge in [0.2, 0.25) is 5.91 Å². The van der Waals surface area contributed by atoms with E-state index < -0.39 is 0 Å². The third kappa shape index (κ3) is 2.20. The zero-order valence-corrected chi connectivity index (χ0v) is 10.5. The lowest BCUT2D eigenvalue weighted by Gasteiger charge is -2.20. The largest absolute Gasteiger partial charge is 0.397 e. The molecule has 0 spiro atoms. The van der Waals surface area contributed by atoms with Gasteiger partial charge < -0.3 is 16.0 Å². The average Bonchev–Trinajstić information content (AvgIpc) is 2.38. The molecule has 3 N–H and O–H groups in total. The van der Waals surface area contributed by atoms with Crippen molar-refractivity contribution in [3.05, 3.63) is 30.5 Å². The molecule has 18 heavy (non-hydrogen) atoms. The van der Waals surface area contributed by atoms with Crippen LogP contribution in [0.25, 0.3) is 10.9 Å². The van der Waals surface area contributed by atoms with Crippen molar-refractivity contribution in [2.75, 3.05) is 31.3 Å². The molecule has 5 heteroatoms. The van der Waals surface area contributed by atoms with E-state index in [1.807, 2.05) is 36.2 Å². The van der Waals surface area contributed by atoms with Gasteiger partial charge in [-0.3, -0.25) is 9.78 Å². The number of hydrogen-bond donors (Lipinski definition) is 2. The molecule has 2 aromatic rings. The van der Waals surface area contributed by atoms with Gasteiger partial charge >= 0.3 is 0 Å². The van der Waals surface area contributed by atoms with Crippen molar-refractivity contribution in [2.24, 2.45) is 0 Å². The third-order valence-electron chi connectivity index (χ3n) is 2.85. The Morgan fingerprint density at radius 3 is 2.94 bits per heavy atom. The highest BCUT2D eigenvalue weighted by molar-refractivity contribution is 5.98. The lowest BCUT2D eigenvalue weighted by atomic mass is 10.1. The fourth-order valence-electron chi connectivity index (χ4n) is 1.90. The van der Waals surface area contributed by atoms with Crippen LogP contribution in [0.5, 0.6) is 0 Å². The minimum absolute atomic E-state index is 0.0358. The van der Waals surface area contributed by atoms with Crippen LogP contribution in [0.3, 0.4) is 0 Å². The fourth-order valence-corrected chi connectivity index (χ4v) is 1.90. The smallest absolute Gasteiger partial charge is 0.239 e. The normalized spacial score (nSPS) is 10.3. The van der Waals surface area contributed by atoms with Crippen LogP contribution in [0, 0.1) is 0 Å². The lowest BCUT2D eigenvalue weighted by molar-refractivity contribution is -0.119. The summed E-state index contributed by atoms with van der Waals surface area (Å²) in [6.45, 7) is 0.296. The Morgan fingerprint density at radius 2 is 2.22 bits per heavy atom. The van der Waals surface area contributed by atoms with Crippen LogP contribution in [-0.4, -0.2) is 31.5 Å². The summed E-state index contributed by atoms with van der Waals surface area (Å²) in [6, 6.07) is 7.54. The van der Waals surface area contributed by atoms with Gasteiger partial charge in [-0.15, -0.1) is 0 Å². The van der Waals surface area contributed by atoms with Gasteiger partial charge in [-0.25, -0.2) is 0 Å². The average molecular weight is 244 g/mol. The SMILES string of the molecule is CNC(=O)CN(C)c1ccnc2c(N)cccc12. The number of nitrogens with zero attached hydrogens (tertiary/aromatic N) is 2. The Bertz CT molecular complexity index is 582. The molecule has 0 bridgehead atoms. The van der Waals surface area contributed by atoms with Gasteiger partial charge in [-0.05, 0) is 12.1 Å². The van der Waals surface area contributed by atoms with E-state index in [0.29, 0.717) is 12.2 Å². The van der Waals surface area contributed by atoms with Gasteiger partial charge in [0.15, 0.2) is 0 Å². The predicted molar refractivity (Wildman–Crippen MR) is 73.5 cm³/mol. The van der Waals surface area contributed by atoms with Crippen molar-refractivity contribution in [3.8, 4) is 0 Å². The Morgan fingerprint density at radius 1 is 1.44 bits per heavy atom. The number of nitrogens with one attached hydrogen (secondary N) is 1. The molecule has 0 radical (unpaired) electrons. The van der Waals surface area contributed by atoms with Gasteiger partial charge in [0.1, 0.15) is 0 Å². The number of carbonyl (C=O) groups is 1. The second kappa shape index (κ2) is 4.91. The van der Waals surface area contributed by atoms with Crippen LogP contribution >= 0.6 is 0 Å². The molecule has 94 valence electrons. The zero-order chi connectivity index (χ0) is 13.1. The molecular formula is C13H16N4O. The Kier molecular flexibility index (Phi) is 3.32. The van der Waals surface area contributed by atoms with E-state index in [2.05, 4.69) is 10.3 Å². The van der Waals surface area contributed by atoms with Crippen molar-refractivity contribution in [2.45, 2.75) is 0 Å². The zero-order valence-electron chi connectivity index (χ0n) is 10.5. The molecule has 5 nitrogen and oxygen atoms in total. The quantitative estimate of drug-likeness (QED) is 0.790. The number of carbonyl (C=O) groups excluding carboxylic acids is 1. The third-order valence-corrected chi connectivity index (χ3v) is 2.85. The molecule has 0 aliphatic carbocycles. The number of fused-ring (bicyclic) bond motifs is 1. The summed E-state index contributed by atoms with van der Waals surface area (Å²) in [5, 5.41) is 3.55. The van der Waals surface area contributed by atoms with Crippen LogP contribution in [0.15, 0.2) is 30.5 Å². The highest BCUT2D eigenvalue weighted by atomic mass is 16.1. The first-order valence-corrected chi connectivity index (χ1v) is 5.68. The molecule has 1 heterocycles. The molecular weight excluding hydrogens is 228 g/mol. The number of para-hydroxylation sites is 1. The van der Waals surface area contributed by atoms with Crippen LogP contribution in [-0.2, 0) is 4.79 Å². The summed E-state index contributed by atoms with van der Waals surface area (Å²) < 4.78 is 0. The summed E-state index contributed by atoms with van der Waals surface area (Å²) >= 11 is 0. The maximum Gasteiger partial charge on any atom is 0.239 e. The van der Waals surface area contributed by atoms with Gasteiger partial charge in [0.25, 0.3) is 0 Å². The molecule has 0 unspecified atom stereocenters. The highest BCUT2D eigenvalue weighted by Gasteiger charge is 2.10. The standard InChI is InChI=1S/C13H16N4O/c1-15-12(18)8-17(2)11-6-7-16-13-9(11)4-3-5-10(13)14/h3-7H,8,14H2,1-2H3,(H,15,18). The summed E-state index contributed by atoms with van der Waals surface area (Å²) in [7, 11) is 3.49. The monoisotopic (exact) mass is 244 g/mol. The van der Waals surface area contributed by atoms with Gasteiger partial charge in [0.05, 0.1) is 17.7 Å². The van der Waals surface area contributed by atoms with Gasteiger partial charge in [0, 0.05) is 31.4 Å². The van der Waals surface area contributed by atoms with Crippen molar-refractivity contribution < 1.29 is 4.79 Å². The molecule has 0 fully saturated rings. The molecule has 1 aromatic heterocycles. The van der Waals surface area contributed by atoms with E-state index in [0.717, 1.165) is 16.6 Å². The van der Waals surface area contributed by atoms with Gasteiger partial charge in [-0.2, -0.15) is 0 Å². The van der Waals surface area contributed by atoms with Crippen LogP contribution < -0.4 is 16.0 Å². The minimum atomic E-state index is -0.0358. The summed E-state index contributed by atoms with van der Waals surface area (Å²) in [5.41, 5.74) is 8.24. The van der Waals surface area contributed by atoms with E-state index in [1.54, 1.807) is 13.2 Å². The number of benzene rings is 1. The molecule has 0 saturated heterocycles. The van der Waals surface area contributed by atoms with E-state index in [4.69, 9.17) is 5.73 Å². The van der Waals surface area contributed by atoms with Crippen molar-refractivity contribution >= 4 is 28.2 Å². The first-order chi connectivity index (χ1) is 8.63. The molecule has 0 aliphatic heterocycles. The second-order valence-electron chi connectivity index (χ2n) is 4.10. The van der Waals surface area contributed by atoms with E-state index in [9.17, 15) is 4.79 Å². The number of likely N-dealkylation sites (N-methyl/N-ethyl adjacent to an activating group) is 2. The summed E-state index contributed by atoms with van der Waals surface area (Å²) in [6.07, 6.45) is 1.70. The van der Waals surface area contributed by atoms with E-state index in [1.165, 1.54) is 0 Å². The van der Waals surface area contributed by atoms with Crippen molar-refractivity contribution in [3.63, 3.8) is 0 Å². The van der Waals surface area contributed by atoms with Crippen LogP contribution in [0.1, 0.15) is 0 Å². The van der Waals surface area contributed by atoms with Gasteiger partial charge in [-0.1, -0.05) is 12.1 Å². The number of hydrogen-bond acceptors (Lipinski definition) is 4. The molecule has 1 aromatic carbocycles. The number of nitrogen functional groups attached to an aromatic ring is 1. The topological polar surface area (TPSA) is 71.2 Å². The Hall–Kier alpha value is -2.30. The number of anilines is 2. The molecule has 0 atom stereocenters. The molecule has 2 rings (SSSR count). The summed E-state index contributed by atoms with van der Waals surface area (Å²) in [4.78, 5) is 17.6. The maximum absolute atomic E-state index is 11.4. The first kappa shape index (κ1) is 12.2. The fraction of sp³-hybridized carbons (Fsp3) is 0.231.